The van der Waals surface area contributed by atoms with E-state index < -0.39 is 11.7 Å². The summed E-state index contributed by atoms with van der Waals surface area (Å²) in [6, 6.07) is 7.98. The fourth-order valence-electron chi connectivity index (χ4n) is 3.56. The summed E-state index contributed by atoms with van der Waals surface area (Å²) in [6.45, 7) is 2.27. The molecule has 1 saturated heterocycles. The largest absolute Gasteiger partial charge is 0.497 e. The van der Waals surface area contributed by atoms with Crippen LogP contribution in [0.1, 0.15) is 24.0 Å². The van der Waals surface area contributed by atoms with Crippen LogP contribution in [0.15, 0.2) is 36.5 Å². The third-order valence-corrected chi connectivity index (χ3v) is 5.29. The molecule has 1 aromatic carbocycles. The fourth-order valence-corrected chi connectivity index (χ4v) is 3.56. The minimum absolute atomic E-state index is 0.0454. The molecule has 0 unspecified atom stereocenters. The summed E-state index contributed by atoms with van der Waals surface area (Å²) in [5, 5.41) is 0. The van der Waals surface area contributed by atoms with E-state index in [1.54, 1.807) is 20.3 Å². The minimum atomic E-state index is -4.40. The van der Waals surface area contributed by atoms with E-state index in [1.165, 1.54) is 6.07 Å². The second kappa shape index (κ2) is 9.89. The molecule has 0 atom stereocenters. The van der Waals surface area contributed by atoms with Crippen molar-refractivity contribution in [2.45, 2.75) is 25.4 Å². The van der Waals surface area contributed by atoms with Crippen molar-refractivity contribution < 1.29 is 27.4 Å². The number of methoxy groups -OCH3 is 2. The van der Waals surface area contributed by atoms with Gasteiger partial charge in [0.15, 0.2) is 0 Å². The maximum atomic E-state index is 12.7. The number of nitrogens with zero attached hydrogens (tertiary/aromatic N) is 3. The van der Waals surface area contributed by atoms with Crippen LogP contribution in [0.5, 0.6) is 11.5 Å². The van der Waals surface area contributed by atoms with Gasteiger partial charge in [0.25, 0.3) is 0 Å². The smallest absolute Gasteiger partial charge is 0.417 e. The van der Waals surface area contributed by atoms with E-state index in [4.69, 9.17) is 9.47 Å². The lowest BCUT2D eigenvalue weighted by atomic mass is 10.1. The standard InChI is InChI=1S/C22H26F3N3O3/c1-30-18-12-16(13-19(14-18)31-2)4-7-21(29)28-9-3-8-27(10-11-28)20-6-5-17(15-26-20)22(23,24)25/h5-6,12-15H,3-4,7-11H2,1-2H3. The molecule has 0 aliphatic carbocycles. The van der Waals surface area contributed by atoms with Crippen molar-refractivity contribution in [3.8, 4) is 11.5 Å². The molecule has 0 bridgehead atoms. The number of carbonyl (C=O) groups excluding carboxylic acids is 1. The van der Waals surface area contributed by atoms with Crippen molar-refractivity contribution in [3.63, 3.8) is 0 Å². The van der Waals surface area contributed by atoms with Gasteiger partial charge in [-0.3, -0.25) is 4.79 Å². The van der Waals surface area contributed by atoms with Gasteiger partial charge < -0.3 is 19.3 Å². The van der Waals surface area contributed by atoms with Crippen molar-refractivity contribution in [3.05, 3.63) is 47.7 Å². The highest BCUT2D eigenvalue weighted by Crippen LogP contribution is 2.29. The topological polar surface area (TPSA) is 54.9 Å². The molecule has 0 N–H and O–H groups in total. The minimum Gasteiger partial charge on any atom is -0.497 e. The summed E-state index contributed by atoms with van der Waals surface area (Å²) in [7, 11) is 3.16. The molecule has 2 heterocycles. The number of aryl methyl sites for hydroxylation is 1. The molecule has 1 aliphatic rings. The average Bonchev–Trinajstić information content (AvgIpc) is 3.03. The summed E-state index contributed by atoms with van der Waals surface area (Å²) < 4.78 is 48.7. The number of amides is 1. The van der Waals surface area contributed by atoms with Crippen LogP contribution in [0.25, 0.3) is 0 Å². The number of hydrogen-bond acceptors (Lipinski definition) is 5. The molecule has 1 amide bonds. The molecule has 0 saturated carbocycles. The fraction of sp³-hybridized carbons (Fsp3) is 0.455. The van der Waals surface area contributed by atoms with Gasteiger partial charge >= 0.3 is 6.18 Å². The number of benzene rings is 1. The molecule has 168 valence electrons. The molecule has 1 fully saturated rings. The Hall–Kier alpha value is -2.97. The maximum Gasteiger partial charge on any atom is 0.417 e. The zero-order chi connectivity index (χ0) is 22.4. The number of anilines is 1. The Balaban J connectivity index is 1.56. The zero-order valence-electron chi connectivity index (χ0n) is 17.6. The number of aromatic nitrogens is 1. The Morgan fingerprint density at radius 3 is 2.32 bits per heavy atom. The number of halogens is 3. The summed E-state index contributed by atoms with van der Waals surface area (Å²) in [4.78, 5) is 20.4. The number of pyridine rings is 1. The normalized spacial score (nSPS) is 14.9. The highest BCUT2D eigenvalue weighted by atomic mass is 19.4. The molecule has 0 radical (unpaired) electrons. The van der Waals surface area contributed by atoms with E-state index in [2.05, 4.69) is 4.98 Å². The van der Waals surface area contributed by atoms with Crippen LogP contribution in [0, 0.1) is 0 Å². The number of hydrogen-bond donors (Lipinski definition) is 0. The Morgan fingerprint density at radius 2 is 1.74 bits per heavy atom. The monoisotopic (exact) mass is 437 g/mol. The van der Waals surface area contributed by atoms with Crippen molar-refractivity contribution in [2.75, 3.05) is 45.3 Å². The molecule has 9 heteroatoms. The van der Waals surface area contributed by atoms with Crippen molar-refractivity contribution >= 4 is 11.7 Å². The molecule has 31 heavy (non-hydrogen) atoms. The number of alkyl halides is 3. The van der Waals surface area contributed by atoms with Crippen molar-refractivity contribution in [1.82, 2.24) is 9.88 Å². The van der Waals surface area contributed by atoms with Gasteiger partial charge in [0.1, 0.15) is 17.3 Å². The van der Waals surface area contributed by atoms with Crippen LogP contribution in [-0.4, -0.2) is 56.2 Å². The predicted molar refractivity (Wildman–Crippen MR) is 111 cm³/mol. The van der Waals surface area contributed by atoms with E-state index in [1.807, 2.05) is 21.9 Å². The van der Waals surface area contributed by atoms with Gasteiger partial charge in [-0.2, -0.15) is 13.2 Å². The van der Waals surface area contributed by atoms with Gasteiger partial charge in [-0.1, -0.05) is 0 Å². The maximum absolute atomic E-state index is 12.7. The van der Waals surface area contributed by atoms with Crippen LogP contribution in [-0.2, 0) is 17.4 Å². The van der Waals surface area contributed by atoms with Crippen LogP contribution in [0.2, 0.25) is 0 Å². The number of carbonyl (C=O) groups is 1. The first-order chi connectivity index (χ1) is 14.8. The van der Waals surface area contributed by atoms with Gasteiger partial charge in [0, 0.05) is 44.9 Å². The lowest BCUT2D eigenvalue weighted by molar-refractivity contribution is -0.137. The van der Waals surface area contributed by atoms with E-state index in [-0.39, 0.29) is 5.91 Å². The summed E-state index contributed by atoms with van der Waals surface area (Å²) in [5.41, 5.74) is 0.187. The Kier molecular flexibility index (Phi) is 7.25. The highest BCUT2D eigenvalue weighted by molar-refractivity contribution is 5.76. The molecular weight excluding hydrogens is 411 g/mol. The Morgan fingerprint density at radius 1 is 1.03 bits per heavy atom. The van der Waals surface area contributed by atoms with Gasteiger partial charge in [0.05, 0.1) is 19.8 Å². The Bertz CT molecular complexity index is 866. The van der Waals surface area contributed by atoms with Crippen LogP contribution in [0.3, 0.4) is 0 Å². The van der Waals surface area contributed by atoms with Crippen LogP contribution in [0.4, 0.5) is 19.0 Å². The molecule has 1 aliphatic heterocycles. The van der Waals surface area contributed by atoms with E-state index in [9.17, 15) is 18.0 Å². The third kappa shape index (κ3) is 6.02. The highest BCUT2D eigenvalue weighted by Gasteiger charge is 2.31. The van der Waals surface area contributed by atoms with E-state index in [0.29, 0.717) is 56.3 Å². The van der Waals surface area contributed by atoms with Crippen molar-refractivity contribution in [1.29, 1.82) is 0 Å². The number of rotatable bonds is 6. The van der Waals surface area contributed by atoms with Crippen LogP contribution >= 0.6 is 0 Å². The quantitative estimate of drug-likeness (QED) is 0.688. The first kappa shape index (κ1) is 22.7. The molecule has 6 nitrogen and oxygen atoms in total. The molecular formula is C22H26F3N3O3. The van der Waals surface area contributed by atoms with Gasteiger partial charge in [-0.05, 0) is 42.7 Å². The Labute approximate surface area is 179 Å². The van der Waals surface area contributed by atoms with Gasteiger partial charge in [-0.25, -0.2) is 4.98 Å². The third-order valence-electron chi connectivity index (χ3n) is 5.29. The number of ether oxygens (including phenoxy) is 2. The van der Waals surface area contributed by atoms with Crippen LogP contribution < -0.4 is 14.4 Å². The average molecular weight is 437 g/mol. The molecule has 1 aromatic heterocycles. The summed E-state index contributed by atoms with van der Waals surface area (Å²) in [6.07, 6.45) is -1.91. The molecule has 2 aromatic rings. The second-order valence-electron chi connectivity index (χ2n) is 7.35. The van der Waals surface area contributed by atoms with Crippen molar-refractivity contribution in [2.24, 2.45) is 0 Å². The molecule has 3 rings (SSSR count). The van der Waals surface area contributed by atoms with Gasteiger partial charge in [0.2, 0.25) is 5.91 Å². The first-order valence-corrected chi connectivity index (χ1v) is 10.1. The second-order valence-corrected chi connectivity index (χ2v) is 7.35. The SMILES string of the molecule is COc1cc(CCC(=O)N2CCCN(c3ccc(C(F)(F)F)cn3)CC2)cc(OC)c1. The molecule has 0 spiro atoms. The zero-order valence-corrected chi connectivity index (χ0v) is 17.6. The lowest BCUT2D eigenvalue weighted by Gasteiger charge is -2.23. The van der Waals surface area contributed by atoms with Gasteiger partial charge in [-0.15, -0.1) is 0 Å². The van der Waals surface area contributed by atoms with E-state index >= 15 is 0 Å². The summed E-state index contributed by atoms with van der Waals surface area (Å²) >= 11 is 0. The summed E-state index contributed by atoms with van der Waals surface area (Å²) in [5.74, 6) is 1.89. The first-order valence-electron chi connectivity index (χ1n) is 10.1. The lowest BCUT2D eigenvalue weighted by Crippen LogP contribution is -2.35. The predicted octanol–water partition coefficient (Wildman–Crippen LogP) is 3.79. The van der Waals surface area contributed by atoms with E-state index in [0.717, 1.165) is 24.2 Å².